The van der Waals surface area contributed by atoms with Crippen molar-refractivity contribution in [2.45, 2.75) is 17.7 Å². The van der Waals surface area contributed by atoms with Gasteiger partial charge in [-0.25, -0.2) is 0 Å². The molecule has 26 heavy (non-hydrogen) atoms. The van der Waals surface area contributed by atoms with Gasteiger partial charge in [-0.3, -0.25) is 0 Å². The highest BCUT2D eigenvalue weighted by atomic mass is 32.2. The average Bonchev–Trinajstić information content (AvgIpc) is 3.09. The Bertz CT molecular complexity index is 1050. The molecule has 0 saturated carbocycles. The van der Waals surface area contributed by atoms with Crippen LogP contribution in [0.25, 0.3) is 0 Å². The summed E-state index contributed by atoms with van der Waals surface area (Å²) >= 11 is 0. The second kappa shape index (κ2) is 6.03. The Hall–Kier alpha value is -3.07. The summed E-state index contributed by atoms with van der Waals surface area (Å²) < 4.78 is 34.6. The number of hydrogen-bond donors (Lipinski definition) is 2. The van der Waals surface area contributed by atoms with Gasteiger partial charge in [-0.1, -0.05) is 17.3 Å². The number of benzene rings is 2. The maximum absolute atomic E-state index is 12.5. The quantitative estimate of drug-likeness (QED) is 0.369. The standard InChI is InChI=1S/C17H16N4O4S/c18-17(19-22)11-3-1-4-12(9-11)25-13-6-7-14-15(10-13)26(23,24)20-16-5-2-8-21(14)16/h1,3-4,6-7,9-10,22H,2,5,8H2,(H2,18,19). The zero-order valence-electron chi connectivity index (χ0n) is 13.7. The number of nitrogens with two attached hydrogens (primary N) is 1. The summed E-state index contributed by atoms with van der Waals surface area (Å²) in [5.41, 5.74) is 6.70. The molecule has 2 aromatic carbocycles. The van der Waals surface area contributed by atoms with E-state index in [0.717, 1.165) is 13.0 Å². The Balaban J connectivity index is 1.69. The van der Waals surface area contributed by atoms with Gasteiger partial charge in [-0.05, 0) is 30.7 Å². The van der Waals surface area contributed by atoms with E-state index in [1.165, 1.54) is 6.07 Å². The fraction of sp³-hybridized carbons (Fsp3) is 0.176. The molecule has 0 aromatic heterocycles. The molecule has 1 saturated heterocycles. The molecule has 0 spiro atoms. The van der Waals surface area contributed by atoms with Gasteiger partial charge in [0.05, 0.1) is 5.69 Å². The first-order chi connectivity index (χ1) is 12.5. The van der Waals surface area contributed by atoms with Gasteiger partial charge >= 0.3 is 0 Å². The zero-order chi connectivity index (χ0) is 18.3. The lowest BCUT2D eigenvalue weighted by Gasteiger charge is -2.25. The van der Waals surface area contributed by atoms with Crippen LogP contribution in [0.15, 0.2) is 56.9 Å². The van der Waals surface area contributed by atoms with E-state index in [9.17, 15) is 8.42 Å². The number of amidine groups is 2. The first kappa shape index (κ1) is 16.4. The van der Waals surface area contributed by atoms with Gasteiger partial charge < -0.3 is 20.6 Å². The smallest absolute Gasteiger partial charge is 0.286 e. The van der Waals surface area contributed by atoms with Gasteiger partial charge in [0.15, 0.2) is 5.84 Å². The van der Waals surface area contributed by atoms with Crippen LogP contribution < -0.4 is 15.4 Å². The summed E-state index contributed by atoms with van der Waals surface area (Å²) in [7, 11) is -3.74. The van der Waals surface area contributed by atoms with Gasteiger partial charge in [0.2, 0.25) is 0 Å². The molecule has 4 rings (SSSR count). The summed E-state index contributed by atoms with van der Waals surface area (Å²) in [6.45, 7) is 0.753. The number of sulfonamides is 1. The molecule has 2 aromatic rings. The fourth-order valence-corrected chi connectivity index (χ4v) is 4.38. The van der Waals surface area contributed by atoms with E-state index in [-0.39, 0.29) is 10.7 Å². The van der Waals surface area contributed by atoms with Crippen LogP contribution in [0, 0.1) is 0 Å². The number of nitrogens with zero attached hydrogens (tertiary/aromatic N) is 3. The van der Waals surface area contributed by atoms with Gasteiger partial charge in [-0.2, -0.15) is 8.42 Å². The zero-order valence-corrected chi connectivity index (χ0v) is 14.5. The van der Waals surface area contributed by atoms with E-state index in [0.29, 0.717) is 35.0 Å². The third-order valence-corrected chi connectivity index (χ3v) is 5.63. The van der Waals surface area contributed by atoms with E-state index in [1.807, 2.05) is 4.90 Å². The fourth-order valence-electron chi connectivity index (χ4n) is 3.10. The Kier molecular flexibility index (Phi) is 3.80. The Labute approximate surface area is 150 Å². The summed E-state index contributed by atoms with van der Waals surface area (Å²) in [6, 6.07) is 11.6. The summed E-state index contributed by atoms with van der Waals surface area (Å²) in [5.74, 6) is 1.35. The molecule has 2 heterocycles. The summed E-state index contributed by atoms with van der Waals surface area (Å²) in [6.07, 6.45) is 1.55. The summed E-state index contributed by atoms with van der Waals surface area (Å²) in [4.78, 5) is 2.06. The average molecular weight is 372 g/mol. The minimum Gasteiger partial charge on any atom is -0.457 e. The van der Waals surface area contributed by atoms with E-state index >= 15 is 0 Å². The molecule has 2 aliphatic heterocycles. The molecule has 0 aliphatic carbocycles. The molecule has 8 nitrogen and oxygen atoms in total. The van der Waals surface area contributed by atoms with Crippen molar-refractivity contribution in [3.05, 3.63) is 48.0 Å². The molecule has 0 amide bonds. The molecule has 0 unspecified atom stereocenters. The van der Waals surface area contributed by atoms with Crippen molar-refractivity contribution in [3.8, 4) is 11.5 Å². The lowest BCUT2D eigenvalue weighted by molar-refractivity contribution is 0.318. The maximum Gasteiger partial charge on any atom is 0.286 e. The third-order valence-electron chi connectivity index (χ3n) is 4.29. The number of ether oxygens (including phenoxy) is 1. The van der Waals surface area contributed by atoms with Gasteiger partial charge in [0.25, 0.3) is 10.0 Å². The first-order valence-electron chi connectivity index (χ1n) is 7.99. The van der Waals surface area contributed by atoms with Crippen molar-refractivity contribution in [2.24, 2.45) is 15.3 Å². The number of rotatable bonds is 3. The molecule has 9 heteroatoms. The maximum atomic E-state index is 12.5. The number of hydrogen-bond acceptors (Lipinski definition) is 6. The molecule has 3 N–H and O–H groups in total. The molecular weight excluding hydrogens is 356 g/mol. The van der Waals surface area contributed by atoms with Crippen molar-refractivity contribution in [1.29, 1.82) is 0 Å². The van der Waals surface area contributed by atoms with Crippen LogP contribution in [-0.2, 0) is 10.0 Å². The Morgan fingerprint density at radius 3 is 2.85 bits per heavy atom. The third kappa shape index (κ3) is 2.76. The minimum absolute atomic E-state index is 0.0423. The van der Waals surface area contributed by atoms with Crippen molar-refractivity contribution in [2.75, 3.05) is 11.4 Å². The second-order valence-corrected chi connectivity index (χ2v) is 7.55. The van der Waals surface area contributed by atoms with Crippen LogP contribution in [0.1, 0.15) is 18.4 Å². The predicted molar refractivity (Wildman–Crippen MR) is 96.7 cm³/mol. The van der Waals surface area contributed by atoms with E-state index in [1.54, 1.807) is 36.4 Å². The predicted octanol–water partition coefficient (Wildman–Crippen LogP) is 2.27. The molecule has 0 radical (unpaired) electrons. The van der Waals surface area contributed by atoms with Gasteiger partial charge in [-0.15, -0.1) is 4.40 Å². The van der Waals surface area contributed by atoms with E-state index in [4.69, 9.17) is 15.7 Å². The van der Waals surface area contributed by atoms with Crippen LogP contribution in [0.5, 0.6) is 11.5 Å². The van der Waals surface area contributed by atoms with Crippen molar-refractivity contribution < 1.29 is 18.4 Å². The number of oxime groups is 1. The summed E-state index contributed by atoms with van der Waals surface area (Å²) in [5, 5.41) is 11.7. The number of anilines is 1. The highest BCUT2D eigenvalue weighted by Gasteiger charge is 2.33. The highest BCUT2D eigenvalue weighted by molar-refractivity contribution is 7.90. The minimum atomic E-state index is -3.74. The highest BCUT2D eigenvalue weighted by Crippen LogP contribution is 2.38. The normalized spacial score (nSPS) is 18.1. The van der Waals surface area contributed by atoms with Gasteiger partial charge in [0.1, 0.15) is 22.2 Å². The van der Waals surface area contributed by atoms with Crippen molar-refractivity contribution >= 4 is 27.4 Å². The van der Waals surface area contributed by atoms with Gasteiger partial charge in [0, 0.05) is 24.6 Å². The van der Waals surface area contributed by atoms with Crippen LogP contribution in [0.3, 0.4) is 0 Å². The molecule has 134 valence electrons. The monoisotopic (exact) mass is 372 g/mol. The molecule has 0 atom stereocenters. The van der Waals surface area contributed by atoms with E-state index < -0.39 is 10.0 Å². The van der Waals surface area contributed by atoms with Crippen molar-refractivity contribution in [3.63, 3.8) is 0 Å². The van der Waals surface area contributed by atoms with E-state index in [2.05, 4.69) is 9.55 Å². The van der Waals surface area contributed by atoms with Crippen molar-refractivity contribution in [1.82, 2.24) is 0 Å². The van der Waals surface area contributed by atoms with Crippen LogP contribution in [-0.4, -0.2) is 31.8 Å². The lowest BCUT2D eigenvalue weighted by Crippen LogP contribution is -2.30. The molecule has 0 bridgehead atoms. The molecule has 2 aliphatic rings. The molecular formula is C17H16N4O4S. The number of fused-ring (bicyclic) bond motifs is 3. The topological polar surface area (TPSA) is 118 Å². The lowest BCUT2D eigenvalue weighted by atomic mass is 10.2. The first-order valence-corrected chi connectivity index (χ1v) is 9.43. The Morgan fingerprint density at radius 1 is 1.23 bits per heavy atom. The Morgan fingerprint density at radius 2 is 2.04 bits per heavy atom. The molecule has 1 fully saturated rings. The van der Waals surface area contributed by atoms with Crippen LogP contribution in [0.2, 0.25) is 0 Å². The second-order valence-electron chi connectivity index (χ2n) is 5.98. The van der Waals surface area contributed by atoms with Crippen LogP contribution >= 0.6 is 0 Å². The largest absolute Gasteiger partial charge is 0.457 e. The SMILES string of the molecule is NC(=NO)c1cccc(Oc2ccc3c(c2)S(=O)(=O)N=C2CCCN23)c1. The van der Waals surface area contributed by atoms with Crippen LogP contribution in [0.4, 0.5) is 5.69 Å².